The van der Waals surface area contributed by atoms with Crippen LogP contribution in [0.5, 0.6) is 5.75 Å². The fraction of sp³-hybridized carbons (Fsp3) is 0.125. The number of benzene rings is 2. The standard InChI is InChI=1S/C16H12ClFN2O4/c17-11-5-9(1-3-12(11)18)7-20-13-6-10(16(22)19-23)2-4-14(13)24-8-15(20)21/h1-6,23H,7-8H2,(H,19,22). The molecule has 0 aromatic heterocycles. The lowest BCUT2D eigenvalue weighted by atomic mass is 10.1. The topological polar surface area (TPSA) is 78.9 Å². The van der Waals surface area contributed by atoms with Gasteiger partial charge in [0, 0.05) is 5.56 Å². The number of ether oxygens (including phenoxy) is 1. The molecule has 2 aromatic rings. The average molecular weight is 351 g/mol. The maximum absolute atomic E-state index is 13.3. The van der Waals surface area contributed by atoms with Gasteiger partial charge in [-0.05, 0) is 35.9 Å². The highest BCUT2D eigenvalue weighted by molar-refractivity contribution is 6.30. The number of hydrogen-bond acceptors (Lipinski definition) is 4. The Labute approximate surface area is 141 Å². The second-order valence-electron chi connectivity index (χ2n) is 5.14. The predicted octanol–water partition coefficient (Wildman–Crippen LogP) is 2.52. The van der Waals surface area contributed by atoms with Crippen molar-refractivity contribution in [3.63, 3.8) is 0 Å². The van der Waals surface area contributed by atoms with E-state index in [4.69, 9.17) is 21.5 Å². The highest BCUT2D eigenvalue weighted by atomic mass is 35.5. The minimum atomic E-state index is -0.708. The van der Waals surface area contributed by atoms with Crippen molar-refractivity contribution in [2.45, 2.75) is 6.54 Å². The third kappa shape index (κ3) is 3.04. The molecule has 124 valence electrons. The molecule has 1 aliphatic heterocycles. The summed E-state index contributed by atoms with van der Waals surface area (Å²) in [6, 6.07) is 8.61. The molecule has 6 nitrogen and oxygen atoms in total. The number of hydroxylamine groups is 1. The molecule has 0 atom stereocenters. The van der Waals surface area contributed by atoms with Gasteiger partial charge in [0.05, 0.1) is 17.3 Å². The Morgan fingerprint density at radius 1 is 1.33 bits per heavy atom. The minimum Gasteiger partial charge on any atom is -0.482 e. The molecule has 0 fully saturated rings. The van der Waals surface area contributed by atoms with Crippen LogP contribution >= 0.6 is 11.6 Å². The van der Waals surface area contributed by atoms with Gasteiger partial charge in [-0.2, -0.15) is 0 Å². The molecule has 1 heterocycles. The van der Waals surface area contributed by atoms with Gasteiger partial charge < -0.3 is 9.64 Å². The second-order valence-corrected chi connectivity index (χ2v) is 5.55. The lowest BCUT2D eigenvalue weighted by Crippen LogP contribution is -2.38. The van der Waals surface area contributed by atoms with Crippen molar-refractivity contribution in [1.29, 1.82) is 0 Å². The molecule has 3 rings (SSSR count). The van der Waals surface area contributed by atoms with Gasteiger partial charge in [0.15, 0.2) is 6.61 Å². The van der Waals surface area contributed by atoms with Crippen LogP contribution in [0.4, 0.5) is 10.1 Å². The molecule has 2 N–H and O–H groups in total. The molecule has 0 bridgehead atoms. The average Bonchev–Trinajstić information content (AvgIpc) is 2.59. The molecular formula is C16H12ClFN2O4. The van der Waals surface area contributed by atoms with Gasteiger partial charge in [0.1, 0.15) is 11.6 Å². The van der Waals surface area contributed by atoms with E-state index in [1.807, 2.05) is 0 Å². The van der Waals surface area contributed by atoms with Crippen LogP contribution in [0.15, 0.2) is 36.4 Å². The number of carbonyl (C=O) groups is 2. The summed E-state index contributed by atoms with van der Waals surface area (Å²) >= 11 is 5.77. The van der Waals surface area contributed by atoms with Crippen LogP contribution < -0.4 is 15.1 Å². The third-order valence-electron chi connectivity index (χ3n) is 3.59. The first-order valence-corrected chi connectivity index (χ1v) is 7.33. The van der Waals surface area contributed by atoms with Crippen LogP contribution in [0.25, 0.3) is 0 Å². The Morgan fingerprint density at radius 3 is 2.83 bits per heavy atom. The maximum atomic E-state index is 13.3. The number of amides is 2. The molecular weight excluding hydrogens is 339 g/mol. The smallest absolute Gasteiger partial charge is 0.274 e. The van der Waals surface area contributed by atoms with E-state index in [0.717, 1.165) is 0 Å². The Kier molecular flexibility index (Phi) is 4.37. The predicted molar refractivity (Wildman–Crippen MR) is 83.8 cm³/mol. The number of nitrogens with zero attached hydrogens (tertiary/aromatic N) is 1. The minimum absolute atomic E-state index is 0.0400. The molecule has 0 saturated heterocycles. The van der Waals surface area contributed by atoms with Gasteiger partial charge in [-0.3, -0.25) is 14.8 Å². The molecule has 24 heavy (non-hydrogen) atoms. The molecule has 0 radical (unpaired) electrons. The van der Waals surface area contributed by atoms with E-state index in [1.54, 1.807) is 0 Å². The van der Waals surface area contributed by atoms with Crippen LogP contribution in [-0.4, -0.2) is 23.6 Å². The van der Waals surface area contributed by atoms with Gasteiger partial charge in [-0.15, -0.1) is 0 Å². The number of rotatable bonds is 3. The molecule has 0 spiro atoms. The lowest BCUT2D eigenvalue weighted by molar-refractivity contribution is -0.121. The molecule has 2 amide bonds. The fourth-order valence-corrected chi connectivity index (χ4v) is 2.60. The Morgan fingerprint density at radius 2 is 2.12 bits per heavy atom. The van der Waals surface area contributed by atoms with E-state index in [9.17, 15) is 14.0 Å². The van der Waals surface area contributed by atoms with Crippen molar-refractivity contribution in [1.82, 2.24) is 5.48 Å². The fourth-order valence-electron chi connectivity index (χ4n) is 2.40. The Balaban J connectivity index is 1.97. The molecule has 0 aliphatic carbocycles. The van der Waals surface area contributed by atoms with E-state index in [0.29, 0.717) is 17.0 Å². The van der Waals surface area contributed by atoms with E-state index < -0.39 is 11.7 Å². The van der Waals surface area contributed by atoms with Crippen molar-refractivity contribution in [3.05, 3.63) is 58.4 Å². The van der Waals surface area contributed by atoms with Crippen molar-refractivity contribution in [2.24, 2.45) is 0 Å². The molecule has 0 saturated carbocycles. The number of fused-ring (bicyclic) bond motifs is 1. The summed E-state index contributed by atoms with van der Waals surface area (Å²) in [5.41, 5.74) is 2.71. The largest absolute Gasteiger partial charge is 0.482 e. The van der Waals surface area contributed by atoms with Crippen LogP contribution in [0, 0.1) is 5.82 Å². The first-order chi connectivity index (χ1) is 11.5. The molecule has 2 aromatic carbocycles. The highest BCUT2D eigenvalue weighted by Gasteiger charge is 2.27. The van der Waals surface area contributed by atoms with E-state index in [-0.39, 0.29) is 29.6 Å². The summed E-state index contributed by atoms with van der Waals surface area (Å²) in [5.74, 6) is -1.14. The Hall–Kier alpha value is -2.64. The highest BCUT2D eigenvalue weighted by Crippen LogP contribution is 2.34. The summed E-state index contributed by atoms with van der Waals surface area (Å²) in [6.07, 6.45) is 0. The van der Waals surface area contributed by atoms with E-state index in [2.05, 4.69) is 0 Å². The first-order valence-electron chi connectivity index (χ1n) is 6.95. The zero-order valence-electron chi connectivity index (χ0n) is 12.3. The molecule has 8 heteroatoms. The van der Waals surface area contributed by atoms with Crippen LogP contribution in [0.1, 0.15) is 15.9 Å². The van der Waals surface area contributed by atoms with Gasteiger partial charge in [-0.25, -0.2) is 9.87 Å². The normalized spacial score (nSPS) is 13.3. The van der Waals surface area contributed by atoms with Gasteiger partial charge in [0.25, 0.3) is 11.8 Å². The van der Waals surface area contributed by atoms with Gasteiger partial charge in [0.2, 0.25) is 0 Å². The van der Waals surface area contributed by atoms with Crippen molar-refractivity contribution < 1.29 is 23.9 Å². The van der Waals surface area contributed by atoms with E-state index >= 15 is 0 Å². The number of anilines is 1. The number of nitrogens with one attached hydrogen (secondary N) is 1. The number of halogens is 2. The summed E-state index contributed by atoms with van der Waals surface area (Å²) < 4.78 is 18.6. The first kappa shape index (κ1) is 16.2. The lowest BCUT2D eigenvalue weighted by Gasteiger charge is -2.29. The summed E-state index contributed by atoms with van der Waals surface area (Å²) in [6.45, 7) is -0.00708. The number of hydrogen-bond donors (Lipinski definition) is 2. The maximum Gasteiger partial charge on any atom is 0.274 e. The van der Waals surface area contributed by atoms with E-state index in [1.165, 1.54) is 46.8 Å². The Bertz CT molecular complexity index is 828. The van der Waals surface area contributed by atoms with Gasteiger partial charge >= 0.3 is 0 Å². The summed E-state index contributed by atoms with van der Waals surface area (Å²) in [5, 5.41) is 8.70. The van der Waals surface area contributed by atoms with Crippen molar-refractivity contribution in [3.8, 4) is 5.75 Å². The quantitative estimate of drug-likeness (QED) is 0.658. The van der Waals surface area contributed by atoms with Crippen LogP contribution in [0.3, 0.4) is 0 Å². The monoisotopic (exact) mass is 350 g/mol. The second kappa shape index (κ2) is 6.46. The third-order valence-corrected chi connectivity index (χ3v) is 3.88. The SMILES string of the molecule is O=C(NO)c1ccc2c(c1)N(Cc1ccc(F)c(Cl)c1)C(=O)CO2. The number of carbonyl (C=O) groups excluding carboxylic acids is 2. The van der Waals surface area contributed by atoms with Crippen LogP contribution in [-0.2, 0) is 11.3 Å². The summed E-state index contributed by atoms with van der Waals surface area (Å²) in [4.78, 5) is 25.2. The zero-order valence-corrected chi connectivity index (χ0v) is 13.0. The van der Waals surface area contributed by atoms with Crippen LogP contribution in [0.2, 0.25) is 5.02 Å². The van der Waals surface area contributed by atoms with Crippen molar-refractivity contribution >= 4 is 29.1 Å². The molecule has 1 aliphatic rings. The zero-order chi connectivity index (χ0) is 17.3. The van der Waals surface area contributed by atoms with Gasteiger partial charge in [-0.1, -0.05) is 17.7 Å². The summed E-state index contributed by atoms with van der Waals surface area (Å²) in [7, 11) is 0. The molecule has 0 unspecified atom stereocenters. The van der Waals surface area contributed by atoms with Crippen molar-refractivity contribution in [2.75, 3.05) is 11.5 Å².